The third-order valence-electron chi connectivity index (χ3n) is 4.31. The first-order valence-electron chi connectivity index (χ1n) is 8.56. The molecule has 0 N–H and O–H groups in total. The first-order valence-corrected chi connectivity index (χ1v) is 17.0. The Morgan fingerprint density at radius 1 is 0.500 bits per heavy atom. The molecule has 162 valence electrons. The lowest BCUT2D eigenvalue weighted by atomic mass is 10.4. The summed E-state index contributed by atoms with van der Waals surface area (Å²) in [5, 5.41) is 0.684. The van der Waals surface area contributed by atoms with Gasteiger partial charge in [-0.3, -0.25) is 0 Å². The molecule has 0 aliphatic carbocycles. The van der Waals surface area contributed by atoms with Crippen LogP contribution in [-0.2, 0) is 38.9 Å². The first-order chi connectivity index (χ1) is 13.1. The predicted octanol–water partition coefficient (Wildman–Crippen LogP) is 1.47. The van der Waals surface area contributed by atoms with E-state index in [0.29, 0.717) is 5.19 Å². The maximum Gasteiger partial charge on any atom is 0.515 e. The van der Waals surface area contributed by atoms with Gasteiger partial charge in [-0.15, -0.1) is 0 Å². The zero-order valence-corrected chi connectivity index (χ0v) is 22.1. The molecule has 0 aromatic heterocycles. The molecule has 0 amide bonds. The Labute approximate surface area is 172 Å². The highest BCUT2D eigenvalue weighted by molar-refractivity contribution is 6.91. The van der Waals surface area contributed by atoms with Crippen molar-refractivity contribution in [3.8, 4) is 0 Å². The Morgan fingerprint density at radius 3 is 1.04 bits per heavy atom. The molecule has 0 spiro atoms. The average Bonchev–Trinajstić information content (AvgIpc) is 2.73. The van der Waals surface area contributed by atoms with Crippen molar-refractivity contribution in [1.82, 2.24) is 0 Å². The molecule has 0 unspecified atom stereocenters. The molecule has 0 aliphatic rings. The maximum absolute atomic E-state index is 6.45. The van der Waals surface area contributed by atoms with Crippen LogP contribution in [0.3, 0.4) is 0 Å². The van der Waals surface area contributed by atoms with Crippen LogP contribution in [0.15, 0.2) is 30.3 Å². The fourth-order valence-corrected chi connectivity index (χ4v) is 14.1. The highest BCUT2D eigenvalue weighted by Gasteiger charge is 2.61. The molecular formula is C15H32O9Si4. The molecule has 28 heavy (non-hydrogen) atoms. The Hall–Kier alpha value is -0.272. The smallest absolute Gasteiger partial charge is 0.377 e. The van der Waals surface area contributed by atoms with Crippen LogP contribution in [0, 0.1) is 0 Å². The zero-order valence-electron chi connectivity index (χ0n) is 18.1. The number of benzene rings is 1. The molecular weight excluding hydrogens is 437 g/mol. The van der Waals surface area contributed by atoms with E-state index in [1.54, 1.807) is 19.6 Å². The number of rotatable bonds is 13. The van der Waals surface area contributed by atoms with Crippen LogP contribution in [0.5, 0.6) is 0 Å². The lowest BCUT2D eigenvalue weighted by Gasteiger charge is -2.42. The SMILES string of the molecule is CO[Si](C)(OC)O[Si](O[Si](C)(OC)OC)(O[Si](C)(OC)OC)c1ccccc1. The van der Waals surface area contributed by atoms with Gasteiger partial charge in [0.25, 0.3) is 0 Å². The van der Waals surface area contributed by atoms with Gasteiger partial charge < -0.3 is 38.9 Å². The summed E-state index contributed by atoms with van der Waals surface area (Å²) in [4.78, 5) is 0. The molecule has 0 fully saturated rings. The van der Waals surface area contributed by atoms with Gasteiger partial charge in [0, 0.05) is 67.5 Å². The van der Waals surface area contributed by atoms with Gasteiger partial charge in [0.1, 0.15) is 0 Å². The van der Waals surface area contributed by atoms with E-state index in [0.717, 1.165) is 0 Å². The van der Waals surface area contributed by atoms with Crippen molar-refractivity contribution in [2.45, 2.75) is 19.6 Å². The largest absolute Gasteiger partial charge is 0.515 e. The first kappa shape index (κ1) is 25.8. The summed E-state index contributed by atoms with van der Waals surface area (Å²) < 4.78 is 52.7. The summed E-state index contributed by atoms with van der Waals surface area (Å²) in [6, 6.07) is 9.32. The summed E-state index contributed by atoms with van der Waals surface area (Å²) in [6.07, 6.45) is 0. The molecule has 0 saturated heterocycles. The van der Waals surface area contributed by atoms with E-state index in [4.69, 9.17) is 38.9 Å². The van der Waals surface area contributed by atoms with Gasteiger partial charge in [-0.05, 0) is 0 Å². The van der Waals surface area contributed by atoms with Crippen LogP contribution in [-0.4, -0.2) is 77.9 Å². The van der Waals surface area contributed by atoms with Crippen molar-refractivity contribution in [2.75, 3.05) is 42.7 Å². The molecule has 1 aromatic rings. The summed E-state index contributed by atoms with van der Waals surface area (Å²) in [7, 11) is -4.04. The second kappa shape index (κ2) is 10.7. The van der Waals surface area contributed by atoms with Crippen LogP contribution in [0.4, 0.5) is 0 Å². The van der Waals surface area contributed by atoms with Crippen LogP contribution in [0.25, 0.3) is 0 Å². The normalized spacial score (nSPS) is 13.8. The quantitative estimate of drug-likeness (QED) is 0.400. The molecule has 0 bridgehead atoms. The molecule has 0 saturated carbocycles. The minimum absolute atomic E-state index is 0.684. The summed E-state index contributed by atoms with van der Waals surface area (Å²) in [5.41, 5.74) is 0. The van der Waals surface area contributed by atoms with Crippen molar-refractivity contribution < 1.29 is 38.9 Å². The minimum Gasteiger partial charge on any atom is -0.377 e. The van der Waals surface area contributed by atoms with Crippen LogP contribution in [0.1, 0.15) is 0 Å². The van der Waals surface area contributed by atoms with E-state index in [1.165, 1.54) is 42.7 Å². The van der Waals surface area contributed by atoms with E-state index in [1.807, 2.05) is 30.3 Å². The van der Waals surface area contributed by atoms with Crippen molar-refractivity contribution in [2.24, 2.45) is 0 Å². The second-order valence-corrected chi connectivity index (χ2v) is 17.8. The molecule has 0 heterocycles. The zero-order chi connectivity index (χ0) is 21.5. The standard InChI is InChI=1S/C15H32O9Si4/c1-16-25(7,17-2)22-28(15-13-11-10-12-14-15,23-26(8,18-3)19-4)24-27(9,20-5)21-6/h10-14H,1-9H3. The number of hydrogen-bond acceptors (Lipinski definition) is 9. The van der Waals surface area contributed by atoms with Crippen molar-refractivity contribution in [3.63, 3.8) is 0 Å². The van der Waals surface area contributed by atoms with Gasteiger partial charge >= 0.3 is 35.2 Å². The Kier molecular flexibility index (Phi) is 9.81. The van der Waals surface area contributed by atoms with Crippen LogP contribution < -0.4 is 5.19 Å². The van der Waals surface area contributed by atoms with Gasteiger partial charge in [-0.1, -0.05) is 30.3 Å². The maximum atomic E-state index is 6.45. The van der Waals surface area contributed by atoms with E-state index >= 15 is 0 Å². The highest BCUT2D eigenvalue weighted by Crippen LogP contribution is 2.27. The van der Waals surface area contributed by atoms with Crippen LogP contribution in [0.2, 0.25) is 19.6 Å². The van der Waals surface area contributed by atoms with Gasteiger partial charge in [0.05, 0.1) is 0 Å². The van der Waals surface area contributed by atoms with Crippen molar-refractivity contribution in [3.05, 3.63) is 30.3 Å². The lowest BCUT2D eigenvalue weighted by molar-refractivity contribution is 0.0743. The van der Waals surface area contributed by atoms with Crippen molar-refractivity contribution >= 4 is 40.4 Å². The van der Waals surface area contributed by atoms with Crippen molar-refractivity contribution in [1.29, 1.82) is 0 Å². The summed E-state index contributed by atoms with van der Waals surface area (Å²) in [6.45, 7) is 5.25. The van der Waals surface area contributed by atoms with E-state index in [9.17, 15) is 0 Å². The molecule has 9 nitrogen and oxygen atoms in total. The molecule has 0 radical (unpaired) electrons. The Balaban J connectivity index is 3.65. The Bertz CT molecular complexity index is 530. The third-order valence-corrected chi connectivity index (χ3v) is 17.5. The molecule has 1 rings (SSSR count). The van der Waals surface area contributed by atoms with E-state index in [-0.39, 0.29) is 0 Å². The molecule has 1 aromatic carbocycles. The molecule has 0 atom stereocenters. The summed E-state index contributed by atoms with van der Waals surface area (Å²) in [5.74, 6) is 0. The lowest BCUT2D eigenvalue weighted by Crippen LogP contribution is -2.71. The van der Waals surface area contributed by atoms with E-state index in [2.05, 4.69) is 0 Å². The van der Waals surface area contributed by atoms with Crippen LogP contribution >= 0.6 is 0 Å². The third kappa shape index (κ3) is 6.36. The van der Waals surface area contributed by atoms with Gasteiger partial charge in [0.15, 0.2) is 0 Å². The van der Waals surface area contributed by atoms with Gasteiger partial charge in [-0.2, -0.15) is 0 Å². The van der Waals surface area contributed by atoms with E-state index < -0.39 is 35.2 Å². The predicted molar refractivity (Wildman–Crippen MR) is 112 cm³/mol. The topological polar surface area (TPSA) is 83.1 Å². The summed E-state index contributed by atoms with van der Waals surface area (Å²) >= 11 is 0. The monoisotopic (exact) mass is 468 g/mol. The minimum atomic E-state index is -3.77. The molecule has 0 aliphatic heterocycles. The Morgan fingerprint density at radius 2 is 0.786 bits per heavy atom. The highest BCUT2D eigenvalue weighted by atomic mass is 28.5. The van der Waals surface area contributed by atoms with Gasteiger partial charge in [0.2, 0.25) is 0 Å². The fourth-order valence-electron chi connectivity index (χ4n) is 2.11. The molecule has 13 heteroatoms. The van der Waals surface area contributed by atoms with Gasteiger partial charge in [-0.25, -0.2) is 0 Å². The fraction of sp³-hybridized carbons (Fsp3) is 0.600. The number of hydrogen-bond donors (Lipinski definition) is 0. The average molecular weight is 469 g/mol. The second-order valence-electron chi connectivity index (χ2n) is 6.04.